The first-order valence-corrected chi connectivity index (χ1v) is 16.2. The van der Waals surface area contributed by atoms with E-state index in [2.05, 4.69) is 27.1 Å². The summed E-state index contributed by atoms with van der Waals surface area (Å²) in [7, 11) is 2.14. The zero-order chi connectivity index (χ0) is 27.5. The number of rotatable bonds is 5. The van der Waals surface area contributed by atoms with Gasteiger partial charge in [0.1, 0.15) is 6.17 Å². The van der Waals surface area contributed by atoms with E-state index >= 15 is 4.39 Å². The zero-order valence-electron chi connectivity index (χ0n) is 24.1. The summed E-state index contributed by atoms with van der Waals surface area (Å²) in [4.78, 5) is 34.3. The summed E-state index contributed by atoms with van der Waals surface area (Å²) in [5.74, 6) is 0.291. The van der Waals surface area contributed by atoms with Gasteiger partial charge in [-0.05, 0) is 70.4 Å². The molecule has 11 atom stereocenters. The van der Waals surface area contributed by atoms with Crippen LogP contribution in [0.2, 0.25) is 0 Å². The molecule has 3 aliphatic carbocycles. The van der Waals surface area contributed by atoms with Crippen LogP contribution in [0.1, 0.15) is 70.6 Å². The minimum atomic E-state index is -1.18. The van der Waals surface area contributed by atoms with Gasteiger partial charge >= 0.3 is 0 Å². The zero-order valence-corrected chi connectivity index (χ0v) is 24.1. The number of halogens is 1. The fraction of sp³-hybridized carbons (Fsp3) is 0.871. The average Bonchev–Trinajstić information content (AvgIpc) is 3.56. The van der Waals surface area contributed by atoms with Crippen LogP contribution in [-0.2, 0) is 14.3 Å². The normalized spacial score (nSPS) is 45.5. The molecule has 7 aliphatic rings. The lowest BCUT2D eigenvalue weighted by Gasteiger charge is -2.61. The second-order valence-electron chi connectivity index (χ2n) is 14.0. The van der Waals surface area contributed by atoms with Crippen molar-refractivity contribution in [1.82, 2.24) is 20.0 Å². The summed E-state index contributed by atoms with van der Waals surface area (Å²) < 4.78 is 23.1. The Morgan fingerprint density at radius 2 is 1.88 bits per heavy atom. The molecule has 0 spiro atoms. The van der Waals surface area contributed by atoms with Crippen molar-refractivity contribution >= 4 is 11.7 Å². The van der Waals surface area contributed by atoms with Gasteiger partial charge in [0.15, 0.2) is 5.78 Å². The van der Waals surface area contributed by atoms with Gasteiger partial charge < -0.3 is 25.6 Å². The smallest absolute Gasteiger partial charge is 0.256 e. The number of fused-ring (bicyclic) bond motifs is 3. The third-order valence-corrected chi connectivity index (χ3v) is 11.8. The molecular weight excluding hydrogens is 509 g/mol. The van der Waals surface area contributed by atoms with Crippen molar-refractivity contribution in [2.45, 2.75) is 119 Å². The molecule has 4 heterocycles. The molecular formula is C31H48FN5O3. The van der Waals surface area contributed by atoms with Gasteiger partial charge in [0.2, 0.25) is 0 Å². The molecule has 3 saturated heterocycles. The molecule has 222 valence electrons. The Morgan fingerprint density at radius 1 is 1.07 bits per heavy atom. The number of carbonyl (C=O) groups excluding carboxylic acids is 2. The van der Waals surface area contributed by atoms with Crippen molar-refractivity contribution in [3.05, 3.63) is 11.8 Å². The lowest BCUT2D eigenvalue weighted by Crippen LogP contribution is -2.73. The van der Waals surface area contributed by atoms with E-state index in [1.54, 1.807) is 0 Å². The highest BCUT2D eigenvalue weighted by atomic mass is 19.1. The summed E-state index contributed by atoms with van der Waals surface area (Å²) in [6, 6.07) is 0.0770. The molecule has 1 amide bonds. The van der Waals surface area contributed by atoms with E-state index in [-0.39, 0.29) is 60.1 Å². The Balaban J connectivity index is 1.17. The number of nitrogens with two attached hydrogens (primary N) is 1. The van der Waals surface area contributed by atoms with Crippen LogP contribution in [0.3, 0.4) is 0 Å². The summed E-state index contributed by atoms with van der Waals surface area (Å²) in [5.41, 5.74) is 6.47. The Bertz CT molecular complexity index is 1020. The lowest BCUT2D eigenvalue weighted by molar-refractivity contribution is -0.219. The molecule has 0 bridgehead atoms. The maximum Gasteiger partial charge on any atom is 0.256 e. The van der Waals surface area contributed by atoms with Crippen molar-refractivity contribution in [3.63, 3.8) is 0 Å². The van der Waals surface area contributed by atoms with Gasteiger partial charge in [0, 0.05) is 43.8 Å². The highest BCUT2D eigenvalue weighted by Crippen LogP contribution is 2.51. The Morgan fingerprint density at radius 3 is 2.60 bits per heavy atom. The van der Waals surface area contributed by atoms with Crippen molar-refractivity contribution in [2.75, 3.05) is 33.2 Å². The topological polar surface area (TPSA) is 91.1 Å². The van der Waals surface area contributed by atoms with E-state index in [9.17, 15) is 9.59 Å². The molecule has 3 N–H and O–H groups in total. The molecule has 40 heavy (non-hydrogen) atoms. The molecule has 0 aromatic heterocycles. The molecule has 10 unspecified atom stereocenters. The average molecular weight is 558 g/mol. The van der Waals surface area contributed by atoms with Crippen molar-refractivity contribution in [2.24, 2.45) is 23.5 Å². The number of hydrogen-bond acceptors (Lipinski definition) is 7. The van der Waals surface area contributed by atoms with Gasteiger partial charge in [-0.3, -0.25) is 14.5 Å². The standard InChI is InChI=1S/C31H48FN5O3/c1-35-11-4-7-21(35)8-10-34-31(39)23-17-37-25-13-18-5-2-3-6-19(18)14-26(25)40-30-27(37)22(29(23)38)15-24(32)28(30)36-12-9-20(33)16-36/h17-22,24-28,30H,2-16,33H2,1H3,(H,34,39)/t18?,19?,20-,21?,22?,24?,25?,26?,27?,28?,30?/m1/s1. The van der Waals surface area contributed by atoms with E-state index < -0.39 is 12.1 Å². The highest BCUT2D eigenvalue weighted by molar-refractivity contribution is 6.20. The van der Waals surface area contributed by atoms with Crippen LogP contribution >= 0.6 is 0 Å². The van der Waals surface area contributed by atoms with Gasteiger partial charge in [0.05, 0.1) is 35.9 Å². The number of Topliss-reactive ketones (excluding diaryl/α,β-unsaturated/α-hetero) is 1. The molecule has 8 nitrogen and oxygen atoms in total. The van der Waals surface area contributed by atoms with Crippen LogP contribution in [0.15, 0.2) is 11.8 Å². The largest absolute Gasteiger partial charge is 0.369 e. The number of likely N-dealkylation sites (tertiary alicyclic amines) is 2. The van der Waals surface area contributed by atoms with E-state index in [1.807, 2.05) is 6.20 Å². The van der Waals surface area contributed by atoms with Crippen LogP contribution in [0.5, 0.6) is 0 Å². The van der Waals surface area contributed by atoms with Gasteiger partial charge in [-0.2, -0.15) is 0 Å². The first kappa shape index (κ1) is 27.3. The summed E-state index contributed by atoms with van der Waals surface area (Å²) in [6.45, 7) is 3.10. The fourth-order valence-corrected chi connectivity index (χ4v) is 9.74. The molecule has 0 aromatic carbocycles. The SMILES string of the molecule is CN1CCCC1CCNC(=O)C1=CN2C3CC4CCCCC4CC3OC3C(N4CC[C@@H](N)C4)C(F)CC(C1=O)C32. The van der Waals surface area contributed by atoms with Crippen molar-refractivity contribution in [1.29, 1.82) is 0 Å². The monoisotopic (exact) mass is 557 g/mol. The molecule has 0 radical (unpaired) electrons. The molecule has 6 fully saturated rings. The minimum Gasteiger partial charge on any atom is -0.369 e. The highest BCUT2D eigenvalue weighted by Gasteiger charge is 2.60. The number of ketones is 1. The number of hydrogen-bond donors (Lipinski definition) is 2. The number of nitrogens with one attached hydrogen (secondary N) is 1. The van der Waals surface area contributed by atoms with Crippen LogP contribution in [0.25, 0.3) is 0 Å². The van der Waals surface area contributed by atoms with Crippen LogP contribution < -0.4 is 11.1 Å². The molecule has 3 saturated carbocycles. The second kappa shape index (κ2) is 10.9. The maximum absolute atomic E-state index is 16.1. The number of amides is 1. The van der Waals surface area contributed by atoms with Crippen LogP contribution in [0, 0.1) is 17.8 Å². The number of nitrogens with zero attached hydrogens (tertiary/aromatic N) is 3. The number of carbonyl (C=O) groups is 2. The first-order chi connectivity index (χ1) is 19.4. The quantitative estimate of drug-likeness (QED) is 0.501. The van der Waals surface area contributed by atoms with Crippen molar-refractivity contribution in [3.8, 4) is 0 Å². The molecule has 9 heteroatoms. The summed E-state index contributed by atoms with van der Waals surface area (Å²) in [6.07, 6.45) is 11.7. The van der Waals surface area contributed by atoms with Gasteiger partial charge in [0.25, 0.3) is 5.91 Å². The molecule has 4 aliphatic heterocycles. The summed E-state index contributed by atoms with van der Waals surface area (Å²) >= 11 is 0. The number of ether oxygens (including phenoxy) is 1. The maximum atomic E-state index is 16.1. The summed E-state index contributed by atoms with van der Waals surface area (Å²) in [5, 5.41) is 3.06. The Kier molecular flexibility index (Phi) is 7.46. The van der Waals surface area contributed by atoms with Gasteiger partial charge in [-0.15, -0.1) is 0 Å². The lowest BCUT2D eigenvalue weighted by atomic mass is 9.64. The first-order valence-electron chi connectivity index (χ1n) is 16.2. The predicted octanol–water partition coefficient (Wildman–Crippen LogP) is 2.22. The van der Waals surface area contributed by atoms with Crippen LogP contribution in [-0.4, -0.2) is 108 Å². The third kappa shape index (κ3) is 4.73. The van der Waals surface area contributed by atoms with Gasteiger partial charge in [-0.25, -0.2) is 4.39 Å². The molecule has 0 aromatic rings. The minimum absolute atomic E-state index is 0.0111. The predicted molar refractivity (Wildman–Crippen MR) is 150 cm³/mol. The van der Waals surface area contributed by atoms with E-state index in [0.717, 1.165) is 45.2 Å². The number of morpholine rings is 1. The van der Waals surface area contributed by atoms with E-state index in [1.165, 1.54) is 32.1 Å². The molecule has 7 rings (SSSR count). The third-order valence-electron chi connectivity index (χ3n) is 11.8. The van der Waals surface area contributed by atoms with E-state index in [4.69, 9.17) is 10.5 Å². The Hall–Kier alpha value is -1.55. The fourth-order valence-electron chi connectivity index (χ4n) is 9.74. The second-order valence-corrected chi connectivity index (χ2v) is 14.0. The Labute approximate surface area is 238 Å². The van der Waals surface area contributed by atoms with Crippen LogP contribution in [0.4, 0.5) is 4.39 Å². The number of alkyl halides is 1. The van der Waals surface area contributed by atoms with E-state index in [0.29, 0.717) is 31.0 Å². The van der Waals surface area contributed by atoms with Crippen molar-refractivity contribution < 1.29 is 18.7 Å². The van der Waals surface area contributed by atoms with Gasteiger partial charge in [-0.1, -0.05) is 25.7 Å².